The van der Waals surface area contributed by atoms with Gasteiger partial charge in [-0.1, -0.05) is 24.6 Å². The molecule has 0 heterocycles. The summed E-state index contributed by atoms with van der Waals surface area (Å²) in [5.74, 6) is 0.931. The lowest BCUT2D eigenvalue weighted by Crippen LogP contribution is -2.31. The van der Waals surface area contributed by atoms with E-state index in [4.69, 9.17) is 0 Å². The van der Waals surface area contributed by atoms with Crippen LogP contribution in [-0.2, 0) is 4.79 Å². The molecule has 0 unspecified atom stereocenters. The van der Waals surface area contributed by atoms with Crippen LogP contribution in [0.3, 0.4) is 0 Å². The number of carbonyl (C=O) groups is 1. The van der Waals surface area contributed by atoms with Gasteiger partial charge in [0.25, 0.3) is 0 Å². The number of hydrogen-bond donors (Lipinski definition) is 0. The van der Waals surface area contributed by atoms with Crippen molar-refractivity contribution in [3.8, 4) is 0 Å². The van der Waals surface area contributed by atoms with Crippen molar-refractivity contribution in [2.45, 2.75) is 46.0 Å². The highest BCUT2D eigenvalue weighted by Gasteiger charge is 2.38. The Balaban J connectivity index is 2.23. The molecule has 1 heteroatoms. The number of ketones is 1. The van der Waals surface area contributed by atoms with Crippen LogP contribution in [0.25, 0.3) is 0 Å². The van der Waals surface area contributed by atoms with E-state index < -0.39 is 0 Å². The van der Waals surface area contributed by atoms with Gasteiger partial charge in [0, 0.05) is 6.42 Å². The van der Waals surface area contributed by atoms with Crippen LogP contribution in [-0.4, -0.2) is 5.78 Å². The summed E-state index contributed by atoms with van der Waals surface area (Å²) in [5, 5.41) is 0. The third-order valence-corrected chi connectivity index (χ3v) is 4.24. The van der Waals surface area contributed by atoms with Gasteiger partial charge >= 0.3 is 0 Å². The van der Waals surface area contributed by atoms with Gasteiger partial charge in [0.2, 0.25) is 0 Å². The zero-order valence-electron chi connectivity index (χ0n) is 9.81. The fourth-order valence-electron chi connectivity index (χ4n) is 2.87. The number of hydrogen-bond acceptors (Lipinski definition) is 1. The summed E-state index contributed by atoms with van der Waals surface area (Å²) in [5.41, 5.74) is 2.98. The topological polar surface area (TPSA) is 17.1 Å². The highest BCUT2D eigenvalue weighted by Crippen LogP contribution is 2.49. The summed E-state index contributed by atoms with van der Waals surface area (Å²) in [6.07, 6.45) is 7.26. The number of allylic oxidation sites excluding steroid dienone is 3. The SMILES string of the molecule is C=C(C)[C@@H]1CC[C@]2(C)CCC(=O)C=C2C1. The molecule has 2 rings (SSSR count). The van der Waals surface area contributed by atoms with E-state index >= 15 is 0 Å². The summed E-state index contributed by atoms with van der Waals surface area (Å²) in [4.78, 5) is 11.4. The van der Waals surface area contributed by atoms with Crippen molar-refractivity contribution in [3.05, 3.63) is 23.8 Å². The maximum Gasteiger partial charge on any atom is 0.155 e. The van der Waals surface area contributed by atoms with Gasteiger partial charge in [-0.2, -0.15) is 0 Å². The Morgan fingerprint density at radius 3 is 2.93 bits per heavy atom. The molecule has 0 aliphatic heterocycles. The van der Waals surface area contributed by atoms with Crippen LogP contribution in [0.1, 0.15) is 46.0 Å². The lowest BCUT2D eigenvalue weighted by molar-refractivity contribution is -0.115. The molecule has 0 aromatic rings. The third kappa shape index (κ3) is 1.92. The average molecular weight is 204 g/mol. The second-order valence-corrected chi connectivity index (χ2v) is 5.48. The highest BCUT2D eigenvalue weighted by molar-refractivity contribution is 5.91. The Hall–Kier alpha value is -0.850. The first kappa shape index (κ1) is 10.7. The van der Waals surface area contributed by atoms with Gasteiger partial charge in [-0.05, 0) is 50.0 Å². The Morgan fingerprint density at radius 1 is 1.53 bits per heavy atom. The van der Waals surface area contributed by atoms with Crippen molar-refractivity contribution in [1.29, 1.82) is 0 Å². The van der Waals surface area contributed by atoms with Gasteiger partial charge in [0.05, 0.1) is 0 Å². The fourth-order valence-corrected chi connectivity index (χ4v) is 2.87. The number of fused-ring (bicyclic) bond motifs is 1. The molecule has 0 aromatic heterocycles. The second-order valence-electron chi connectivity index (χ2n) is 5.48. The van der Waals surface area contributed by atoms with E-state index in [1.54, 1.807) is 0 Å². The van der Waals surface area contributed by atoms with Crippen LogP contribution in [0.5, 0.6) is 0 Å². The fraction of sp³-hybridized carbons (Fsp3) is 0.643. The predicted octanol–water partition coefficient (Wildman–Crippen LogP) is 3.66. The van der Waals surface area contributed by atoms with Crippen molar-refractivity contribution in [3.63, 3.8) is 0 Å². The molecule has 0 bridgehead atoms. The minimum absolute atomic E-state index is 0.319. The summed E-state index contributed by atoms with van der Waals surface area (Å²) >= 11 is 0. The Bertz CT molecular complexity index is 337. The molecule has 0 spiro atoms. The second kappa shape index (κ2) is 3.62. The minimum Gasteiger partial charge on any atom is -0.295 e. The molecular weight excluding hydrogens is 184 g/mol. The molecule has 2 atom stereocenters. The van der Waals surface area contributed by atoms with E-state index in [2.05, 4.69) is 20.4 Å². The van der Waals surface area contributed by atoms with Crippen LogP contribution in [0, 0.1) is 11.3 Å². The maximum absolute atomic E-state index is 11.4. The standard InChI is InChI=1S/C14H20O/c1-10(2)11-4-6-14(3)7-5-13(15)9-12(14)8-11/h9,11H,1,4-8H2,2-3H3/t11-,14-/m1/s1. The molecule has 0 radical (unpaired) electrons. The van der Waals surface area contributed by atoms with Crippen LogP contribution in [0.2, 0.25) is 0 Å². The smallest absolute Gasteiger partial charge is 0.155 e. The molecule has 0 saturated heterocycles. The molecule has 2 aliphatic rings. The lowest BCUT2D eigenvalue weighted by atomic mass is 9.62. The lowest BCUT2D eigenvalue weighted by Gasteiger charge is -2.42. The molecule has 82 valence electrons. The van der Waals surface area contributed by atoms with Crippen molar-refractivity contribution >= 4 is 5.78 Å². The van der Waals surface area contributed by atoms with Gasteiger partial charge in [-0.15, -0.1) is 0 Å². The largest absolute Gasteiger partial charge is 0.295 e. The summed E-state index contributed by atoms with van der Waals surface area (Å²) in [7, 11) is 0. The maximum atomic E-state index is 11.4. The first-order chi connectivity index (χ1) is 7.01. The van der Waals surface area contributed by atoms with Crippen molar-refractivity contribution in [2.75, 3.05) is 0 Å². The summed E-state index contributed by atoms with van der Waals surface area (Å²) in [6.45, 7) is 8.48. The Kier molecular flexibility index (Phi) is 2.57. The Morgan fingerprint density at radius 2 is 2.27 bits per heavy atom. The van der Waals surface area contributed by atoms with Crippen LogP contribution in [0.4, 0.5) is 0 Å². The quantitative estimate of drug-likeness (QED) is 0.596. The van der Waals surface area contributed by atoms with Crippen molar-refractivity contribution in [1.82, 2.24) is 0 Å². The summed E-state index contributed by atoms with van der Waals surface area (Å²) in [6, 6.07) is 0. The minimum atomic E-state index is 0.319. The van der Waals surface area contributed by atoms with Crippen molar-refractivity contribution < 1.29 is 4.79 Å². The predicted molar refractivity (Wildman–Crippen MR) is 62.6 cm³/mol. The number of carbonyl (C=O) groups excluding carboxylic acids is 1. The van der Waals surface area contributed by atoms with E-state index in [-0.39, 0.29) is 0 Å². The Labute approximate surface area is 92.3 Å². The monoisotopic (exact) mass is 204 g/mol. The highest BCUT2D eigenvalue weighted by atomic mass is 16.1. The normalized spacial score (nSPS) is 35.7. The van der Waals surface area contributed by atoms with Crippen LogP contribution < -0.4 is 0 Å². The average Bonchev–Trinajstić information content (AvgIpc) is 2.18. The first-order valence-corrected chi connectivity index (χ1v) is 5.90. The summed E-state index contributed by atoms with van der Waals surface area (Å²) < 4.78 is 0. The van der Waals surface area contributed by atoms with Crippen LogP contribution in [0.15, 0.2) is 23.8 Å². The van der Waals surface area contributed by atoms with E-state index in [0.717, 1.165) is 19.3 Å². The zero-order chi connectivity index (χ0) is 11.1. The van der Waals surface area contributed by atoms with E-state index in [1.165, 1.54) is 24.0 Å². The molecule has 0 amide bonds. The van der Waals surface area contributed by atoms with E-state index in [9.17, 15) is 4.79 Å². The van der Waals surface area contributed by atoms with Crippen LogP contribution >= 0.6 is 0 Å². The molecular formula is C14H20O. The molecule has 1 fully saturated rings. The van der Waals surface area contributed by atoms with Gasteiger partial charge < -0.3 is 0 Å². The van der Waals surface area contributed by atoms with Gasteiger partial charge in [0.15, 0.2) is 5.78 Å². The molecule has 1 saturated carbocycles. The molecule has 1 nitrogen and oxygen atoms in total. The third-order valence-electron chi connectivity index (χ3n) is 4.24. The van der Waals surface area contributed by atoms with Gasteiger partial charge in [-0.3, -0.25) is 4.79 Å². The number of rotatable bonds is 1. The molecule has 0 N–H and O–H groups in total. The van der Waals surface area contributed by atoms with Gasteiger partial charge in [-0.25, -0.2) is 0 Å². The van der Waals surface area contributed by atoms with E-state index in [1.807, 2.05) is 6.08 Å². The molecule has 2 aliphatic carbocycles. The van der Waals surface area contributed by atoms with Gasteiger partial charge in [0.1, 0.15) is 0 Å². The zero-order valence-corrected chi connectivity index (χ0v) is 9.81. The van der Waals surface area contributed by atoms with Crippen molar-refractivity contribution in [2.24, 2.45) is 11.3 Å². The first-order valence-electron chi connectivity index (χ1n) is 5.90. The molecule has 15 heavy (non-hydrogen) atoms. The molecule has 0 aromatic carbocycles. The van der Waals surface area contributed by atoms with E-state index in [0.29, 0.717) is 17.1 Å².